The van der Waals surface area contributed by atoms with E-state index in [-0.39, 0.29) is 11.7 Å². The van der Waals surface area contributed by atoms with Crippen molar-refractivity contribution >= 4 is 29.1 Å². The van der Waals surface area contributed by atoms with Crippen LogP contribution in [0.2, 0.25) is 0 Å². The van der Waals surface area contributed by atoms with Crippen LogP contribution < -0.4 is 5.69 Å². The Morgan fingerprint density at radius 3 is 2.89 bits per heavy atom. The van der Waals surface area contributed by atoms with Crippen molar-refractivity contribution in [3.05, 3.63) is 32.4 Å². The summed E-state index contributed by atoms with van der Waals surface area (Å²) >= 11 is 2.65. The van der Waals surface area contributed by atoms with Gasteiger partial charge in [0.25, 0.3) is 0 Å². The molecule has 8 heteroatoms. The quantitative estimate of drug-likeness (QED) is 0.826. The van der Waals surface area contributed by atoms with Crippen molar-refractivity contribution in [1.29, 1.82) is 0 Å². The molecule has 0 aliphatic rings. The molecule has 2 aromatic rings. The molecule has 2 heterocycles. The number of carboxylic acid groups (broad SMARTS) is 1. The number of nitrogens with one attached hydrogen (secondary N) is 1. The molecule has 0 fully saturated rings. The summed E-state index contributed by atoms with van der Waals surface area (Å²) in [5.74, 6) is -0.324. The number of nitrogens with zero attached hydrogens (tertiary/aromatic N) is 2. The maximum absolute atomic E-state index is 11.5. The molecule has 0 radical (unpaired) electrons. The monoisotopic (exact) mass is 299 g/mol. The predicted molar refractivity (Wildman–Crippen MR) is 74.1 cm³/mol. The molecule has 0 unspecified atom stereocenters. The molecule has 2 aromatic heterocycles. The first-order valence-corrected chi connectivity index (χ1v) is 7.41. The third-order valence-corrected chi connectivity index (χ3v) is 4.66. The summed E-state index contributed by atoms with van der Waals surface area (Å²) in [5.41, 5.74) is -0.227. The standard InChI is InChI=1S/C11H13N3O3S2/c1-6(2)14-10(17)12-13-11(14)18-5-7-3-4-8(19-7)9(15)16/h3-4,6H,5H2,1-2H3,(H,12,17)(H,15,16). The zero-order valence-electron chi connectivity index (χ0n) is 10.4. The second-order valence-electron chi connectivity index (χ2n) is 4.13. The Bertz CT molecular complexity index is 642. The molecule has 2 rings (SSSR count). The Morgan fingerprint density at radius 1 is 1.58 bits per heavy atom. The van der Waals surface area contributed by atoms with Gasteiger partial charge in [-0.15, -0.1) is 16.4 Å². The second-order valence-corrected chi connectivity index (χ2v) is 6.25. The van der Waals surface area contributed by atoms with E-state index in [4.69, 9.17) is 5.11 Å². The number of hydrogen-bond acceptors (Lipinski definition) is 5. The minimum absolute atomic E-state index is 0.0340. The molecule has 0 aliphatic heterocycles. The van der Waals surface area contributed by atoms with Gasteiger partial charge in [0.05, 0.1) is 0 Å². The first kappa shape index (κ1) is 13.9. The van der Waals surface area contributed by atoms with Gasteiger partial charge in [-0.3, -0.25) is 4.57 Å². The lowest BCUT2D eigenvalue weighted by Gasteiger charge is -2.07. The summed E-state index contributed by atoms with van der Waals surface area (Å²) in [6.07, 6.45) is 0. The molecular formula is C11H13N3O3S2. The maximum Gasteiger partial charge on any atom is 0.345 e. The minimum Gasteiger partial charge on any atom is -0.477 e. The van der Waals surface area contributed by atoms with Crippen LogP contribution >= 0.6 is 23.1 Å². The van der Waals surface area contributed by atoms with Crippen LogP contribution in [0.15, 0.2) is 22.1 Å². The highest BCUT2D eigenvalue weighted by Gasteiger charge is 2.13. The van der Waals surface area contributed by atoms with Crippen LogP contribution in [0.4, 0.5) is 0 Å². The summed E-state index contributed by atoms with van der Waals surface area (Å²) in [7, 11) is 0. The molecule has 0 atom stereocenters. The molecule has 0 spiro atoms. The third-order valence-electron chi connectivity index (χ3n) is 2.40. The summed E-state index contributed by atoms with van der Waals surface area (Å²) < 4.78 is 1.58. The Balaban J connectivity index is 2.10. The number of aromatic carboxylic acids is 1. The molecule has 0 aromatic carbocycles. The number of carbonyl (C=O) groups is 1. The normalized spacial score (nSPS) is 11.1. The highest BCUT2D eigenvalue weighted by Crippen LogP contribution is 2.26. The van der Waals surface area contributed by atoms with Gasteiger partial charge in [0.1, 0.15) is 4.88 Å². The van der Waals surface area contributed by atoms with E-state index >= 15 is 0 Å². The number of rotatable bonds is 5. The fourth-order valence-electron chi connectivity index (χ4n) is 1.55. The number of H-pyrrole nitrogens is 1. The predicted octanol–water partition coefficient (Wildman–Crippen LogP) is 2.20. The van der Waals surface area contributed by atoms with Crippen LogP contribution in [0, 0.1) is 0 Å². The van der Waals surface area contributed by atoms with Gasteiger partial charge in [0.2, 0.25) is 0 Å². The van der Waals surface area contributed by atoms with Crippen molar-refractivity contribution in [2.45, 2.75) is 30.8 Å². The van der Waals surface area contributed by atoms with Crippen molar-refractivity contribution < 1.29 is 9.90 Å². The van der Waals surface area contributed by atoms with E-state index in [1.54, 1.807) is 16.7 Å². The van der Waals surface area contributed by atoms with Gasteiger partial charge < -0.3 is 5.11 Å². The lowest BCUT2D eigenvalue weighted by molar-refractivity contribution is 0.0702. The Hall–Kier alpha value is -1.54. The number of thioether (sulfide) groups is 1. The van der Waals surface area contributed by atoms with Crippen molar-refractivity contribution in [2.75, 3.05) is 0 Å². The van der Waals surface area contributed by atoms with Crippen molar-refractivity contribution in [1.82, 2.24) is 14.8 Å². The average molecular weight is 299 g/mol. The van der Waals surface area contributed by atoms with Crippen LogP contribution in [0.5, 0.6) is 0 Å². The van der Waals surface area contributed by atoms with E-state index < -0.39 is 5.97 Å². The second kappa shape index (κ2) is 5.62. The van der Waals surface area contributed by atoms with Gasteiger partial charge in [0, 0.05) is 16.7 Å². The lowest BCUT2D eigenvalue weighted by Crippen LogP contribution is -2.19. The zero-order valence-corrected chi connectivity index (χ0v) is 12.0. The van der Waals surface area contributed by atoms with Gasteiger partial charge in [-0.1, -0.05) is 11.8 Å². The highest BCUT2D eigenvalue weighted by atomic mass is 32.2. The van der Waals surface area contributed by atoms with Gasteiger partial charge in [-0.25, -0.2) is 14.7 Å². The lowest BCUT2D eigenvalue weighted by atomic mass is 10.4. The van der Waals surface area contributed by atoms with Crippen LogP contribution in [0.25, 0.3) is 0 Å². The van der Waals surface area contributed by atoms with E-state index in [2.05, 4.69) is 10.2 Å². The summed E-state index contributed by atoms with van der Waals surface area (Å²) in [6.45, 7) is 3.82. The number of aromatic amines is 1. The van der Waals surface area contributed by atoms with Crippen molar-refractivity contribution in [2.24, 2.45) is 0 Å². The molecule has 0 aliphatic carbocycles. The van der Waals surface area contributed by atoms with Crippen molar-refractivity contribution in [3.8, 4) is 0 Å². The average Bonchev–Trinajstić information content (AvgIpc) is 2.92. The number of thiophene rings is 1. The van der Waals surface area contributed by atoms with Gasteiger partial charge >= 0.3 is 11.7 Å². The summed E-state index contributed by atoms with van der Waals surface area (Å²) in [5, 5.41) is 15.9. The first-order valence-electron chi connectivity index (χ1n) is 5.60. The minimum atomic E-state index is -0.917. The van der Waals surface area contributed by atoms with Gasteiger partial charge in [-0.05, 0) is 26.0 Å². The maximum atomic E-state index is 11.5. The zero-order chi connectivity index (χ0) is 14.0. The first-order chi connectivity index (χ1) is 8.99. The number of hydrogen-bond donors (Lipinski definition) is 2. The van der Waals surface area contributed by atoms with E-state index in [9.17, 15) is 9.59 Å². The van der Waals surface area contributed by atoms with Crippen LogP contribution in [0.3, 0.4) is 0 Å². The Kier molecular flexibility index (Phi) is 4.11. The van der Waals surface area contributed by atoms with E-state index in [0.29, 0.717) is 15.8 Å². The van der Waals surface area contributed by atoms with E-state index in [1.807, 2.05) is 13.8 Å². The molecule has 6 nitrogen and oxygen atoms in total. The molecule has 0 saturated carbocycles. The number of carboxylic acids is 1. The summed E-state index contributed by atoms with van der Waals surface area (Å²) in [4.78, 5) is 23.6. The van der Waals surface area contributed by atoms with Gasteiger partial charge in [0.15, 0.2) is 5.16 Å². The van der Waals surface area contributed by atoms with E-state index in [1.165, 1.54) is 23.1 Å². The summed E-state index contributed by atoms with van der Waals surface area (Å²) in [6, 6.07) is 3.40. The molecule has 19 heavy (non-hydrogen) atoms. The third kappa shape index (κ3) is 3.07. The SMILES string of the molecule is CC(C)n1c(SCc2ccc(C(=O)O)s2)n[nH]c1=O. The number of aromatic nitrogens is 3. The largest absolute Gasteiger partial charge is 0.477 e. The van der Waals surface area contributed by atoms with E-state index in [0.717, 1.165) is 4.88 Å². The molecule has 2 N–H and O–H groups in total. The van der Waals surface area contributed by atoms with Crippen LogP contribution in [-0.4, -0.2) is 25.8 Å². The van der Waals surface area contributed by atoms with Crippen molar-refractivity contribution in [3.63, 3.8) is 0 Å². The smallest absolute Gasteiger partial charge is 0.345 e. The Labute approximate surface area is 117 Å². The topological polar surface area (TPSA) is 88.0 Å². The van der Waals surface area contributed by atoms with Gasteiger partial charge in [-0.2, -0.15) is 0 Å². The van der Waals surface area contributed by atoms with Crippen LogP contribution in [-0.2, 0) is 5.75 Å². The van der Waals surface area contributed by atoms with Crippen LogP contribution in [0.1, 0.15) is 34.4 Å². The molecule has 0 saturated heterocycles. The fourth-order valence-corrected chi connectivity index (χ4v) is 3.52. The fraction of sp³-hybridized carbons (Fsp3) is 0.364. The molecule has 102 valence electrons. The molecular weight excluding hydrogens is 286 g/mol. The molecule has 0 amide bonds. The highest BCUT2D eigenvalue weighted by molar-refractivity contribution is 7.98. The Morgan fingerprint density at radius 2 is 2.32 bits per heavy atom. The molecule has 0 bridgehead atoms.